The van der Waals surface area contributed by atoms with Crippen LogP contribution in [0.15, 0.2) is 66.9 Å². The van der Waals surface area contributed by atoms with Gasteiger partial charge in [0.25, 0.3) is 0 Å². The highest BCUT2D eigenvalue weighted by molar-refractivity contribution is 5.89. The number of hydrogen-bond donors (Lipinski definition) is 1. The van der Waals surface area contributed by atoms with Crippen LogP contribution in [0.3, 0.4) is 0 Å². The van der Waals surface area contributed by atoms with Gasteiger partial charge in [0.15, 0.2) is 0 Å². The number of aromatic nitrogens is 1. The van der Waals surface area contributed by atoms with Crippen molar-refractivity contribution >= 4 is 5.91 Å². The number of nitriles is 1. The maximum atomic E-state index is 13.4. The van der Waals surface area contributed by atoms with Crippen LogP contribution in [-0.2, 0) is 4.79 Å². The van der Waals surface area contributed by atoms with Gasteiger partial charge in [-0.1, -0.05) is 36.4 Å². The molecule has 0 radical (unpaired) electrons. The molecule has 1 aromatic heterocycles. The first-order chi connectivity index (χ1) is 15.7. The van der Waals surface area contributed by atoms with Crippen LogP contribution in [0, 0.1) is 11.3 Å². The number of rotatable bonds is 4. The number of nitrogens with one attached hydrogen (secondary N) is 1. The van der Waals surface area contributed by atoms with Gasteiger partial charge in [-0.15, -0.1) is 0 Å². The first-order valence-electron chi connectivity index (χ1n) is 10.9. The number of para-hydroxylation sites is 2. The maximum Gasteiger partial charge on any atom is 0.232 e. The van der Waals surface area contributed by atoms with Crippen molar-refractivity contribution in [2.45, 2.75) is 43.7 Å². The minimum absolute atomic E-state index is 0.00586. The monoisotopic (exact) mass is 425 g/mol. The van der Waals surface area contributed by atoms with Gasteiger partial charge >= 0.3 is 0 Å². The van der Waals surface area contributed by atoms with Gasteiger partial charge in [-0.05, 0) is 43.9 Å². The zero-order valence-electron chi connectivity index (χ0n) is 17.5. The summed E-state index contributed by atoms with van der Waals surface area (Å²) in [5, 5.41) is 12.1. The minimum atomic E-state index is -0.382. The highest BCUT2D eigenvalue weighted by Crippen LogP contribution is 2.44. The predicted molar refractivity (Wildman–Crippen MR) is 119 cm³/mol. The lowest BCUT2D eigenvalue weighted by molar-refractivity contribution is -0.122. The van der Waals surface area contributed by atoms with E-state index in [-0.39, 0.29) is 24.0 Å². The SMILES string of the molecule is N#Cc1ccc(OC2CCC(NC(=O)C3c4ccccc4Oc4ccccc43)CC2)nc1. The third-order valence-corrected chi connectivity index (χ3v) is 6.12. The summed E-state index contributed by atoms with van der Waals surface area (Å²) in [5.74, 6) is 1.63. The van der Waals surface area contributed by atoms with E-state index in [0.29, 0.717) is 11.4 Å². The Morgan fingerprint density at radius 1 is 0.969 bits per heavy atom. The number of benzene rings is 2. The molecule has 160 valence electrons. The zero-order chi connectivity index (χ0) is 21.9. The van der Waals surface area contributed by atoms with Crippen molar-refractivity contribution in [3.05, 3.63) is 83.6 Å². The van der Waals surface area contributed by atoms with Crippen LogP contribution in [0.5, 0.6) is 17.4 Å². The molecule has 32 heavy (non-hydrogen) atoms. The fourth-order valence-corrected chi connectivity index (χ4v) is 4.49. The second-order valence-electron chi connectivity index (χ2n) is 8.21. The van der Waals surface area contributed by atoms with Crippen molar-refractivity contribution in [1.82, 2.24) is 10.3 Å². The third kappa shape index (κ3) is 4.02. The molecule has 1 fully saturated rings. The number of amides is 1. The van der Waals surface area contributed by atoms with E-state index in [1.54, 1.807) is 12.1 Å². The quantitative estimate of drug-likeness (QED) is 0.655. The lowest BCUT2D eigenvalue weighted by Gasteiger charge is -2.32. The molecule has 0 unspecified atom stereocenters. The van der Waals surface area contributed by atoms with Crippen molar-refractivity contribution in [3.63, 3.8) is 0 Å². The van der Waals surface area contributed by atoms with E-state index in [0.717, 1.165) is 48.3 Å². The highest BCUT2D eigenvalue weighted by Gasteiger charge is 2.34. The van der Waals surface area contributed by atoms with E-state index >= 15 is 0 Å². The molecule has 1 aliphatic heterocycles. The van der Waals surface area contributed by atoms with Gasteiger partial charge in [0.05, 0.1) is 11.5 Å². The lowest BCUT2D eigenvalue weighted by atomic mass is 9.86. The number of fused-ring (bicyclic) bond motifs is 2. The van der Waals surface area contributed by atoms with Crippen LogP contribution >= 0.6 is 0 Å². The normalized spacial score (nSPS) is 19.6. The number of hydrogen-bond acceptors (Lipinski definition) is 5. The Morgan fingerprint density at radius 3 is 2.22 bits per heavy atom. The van der Waals surface area contributed by atoms with E-state index in [4.69, 9.17) is 14.7 Å². The van der Waals surface area contributed by atoms with Gasteiger partial charge in [-0.3, -0.25) is 4.79 Å². The number of ether oxygens (including phenoxy) is 2. The van der Waals surface area contributed by atoms with Crippen molar-refractivity contribution in [2.24, 2.45) is 0 Å². The van der Waals surface area contributed by atoms with Crippen molar-refractivity contribution in [1.29, 1.82) is 5.26 Å². The first kappa shape index (κ1) is 20.1. The molecule has 1 amide bonds. The Hall–Kier alpha value is -3.85. The Bertz CT molecular complexity index is 1120. The summed E-state index contributed by atoms with van der Waals surface area (Å²) in [5.41, 5.74) is 2.31. The molecule has 0 bridgehead atoms. The van der Waals surface area contributed by atoms with Crippen LogP contribution < -0.4 is 14.8 Å². The summed E-state index contributed by atoms with van der Waals surface area (Å²) in [6, 6.07) is 21.1. The number of nitrogens with zero attached hydrogens (tertiary/aromatic N) is 2. The second kappa shape index (κ2) is 8.72. The summed E-state index contributed by atoms with van der Waals surface area (Å²) in [7, 11) is 0. The highest BCUT2D eigenvalue weighted by atomic mass is 16.5. The summed E-state index contributed by atoms with van der Waals surface area (Å²) in [6.45, 7) is 0. The molecule has 0 saturated heterocycles. The predicted octanol–water partition coefficient (Wildman–Crippen LogP) is 4.70. The van der Waals surface area contributed by atoms with Crippen LogP contribution in [0.25, 0.3) is 0 Å². The van der Waals surface area contributed by atoms with E-state index in [2.05, 4.69) is 16.4 Å². The fourth-order valence-electron chi connectivity index (χ4n) is 4.49. The summed E-state index contributed by atoms with van der Waals surface area (Å²) < 4.78 is 12.0. The lowest BCUT2D eigenvalue weighted by Crippen LogP contribution is -2.42. The Morgan fingerprint density at radius 2 is 1.62 bits per heavy atom. The van der Waals surface area contributed by atoms with E-state index in [9.17, 15) is 4.79 Å². The summed E-state index contributed by atoms with van der Waals surface area (Å²) in [6.07, 6.45) is 4.96. The molecule has 1 aliphatic carbocycles. The smallest absolute Gasteiger partial charge is 0.232 e. The Balaban J connectivity index is 1.23. The molecule has 3 aromatic rings. The maximum absolute atomic E-state index is 13.4. The molecule has 2 aliphatic rings. The van der Waals surface area contributed by atoms with Crippen LogP contribution in [-0.4, -0.2) is 23.0 Å². The molecule has 0 spiro atoms. The van der Waals surface area contributed by atoms with Crippen molar-refractivity contribution in [2.75, 3.05) is 0 Å². The van der Waals surface area contributed by atoms with Crippen molar-refractivity contribution in [3.8, 4) is 23.4 Å². The fraction of sp³-hybridized carbons (Fsp3) is 0.269. The average Bonchev–Trinajstić information content (AvgIpc) is 2.84. The second-order valence-corrected chi connectivity index (χ2v) is 8.21. The van der Waals surface area contributed by atoms with Crippen LogP contribution in [0.4, 0.5) is 0 Å². The van der Waals surface area contributed by atoms with Gasteiger partial charge in [0.1, 0.15) is 23.7 Å². The summed E-state index contributed by atoms with van der Waals surface area (Å²) in [4.78, 5) is 17.6. The summed E-state index contributed by atoms with van der Waals surface area (Å²) >= 11 is 0. The van der Waals surface area contributed by atoms with Gasteiger partial charge in [0, 0.05) is 29.4 Å². The topological polar surface area (TPSA) is 84.2 Å². The van der Waals surface area contributed by atoms with Gasteiger partial charge in [0.2, 0.25) is 11.8 Å². The standard InChI is InChI=1S/C26H23N3O3/c27-15-17-9-14-24(28-16-17)31-19-12-10-18(11-13-19)29-26(30)25-20-5-1-3-7-22(20)32-23-8-4-2-6-21(23)25/h1-9,14,16,18-19,25H,10-13H2,(H,29,30). The molecule has 2 aromatic carbocycles. The molecule has 5 rings (SSSR count). The molecular weight excluding hydrogens is 402 g/mol. The largest absolute Gasteiger partial charge is 0.474 e. The van der Waals surface area contributed by atoms with Crippen LogP contribution in [0.2, 0.25) is 0 Å². The first-order valence-corrected chi connectivity index (χ1v) is 10.9. The Labute approximate surface area is 186 Å². The number of carbonyl (C=O) groups excluding carboxylic acids is 1. The average molecular weight is 425 g/mol. The molecule has 2 heterocycles. The van der Waals surface area contributed by atoms with Crippen LogP contribution in [0.1, 0.15) is 48.3 Å². The van der Waals surface area contributed by atoms with E-state index < -0.39 is 0 Å². The molecular formula is C26H23N3O3. The van der Waals surface area contributed by atoms with E-state index in [1.165, 1.54) is 6.20 Å². The van der Waals surface area contributed by atoms with Gasteiger partial charge in [-0.2, -0.15) is 5.26 Å². The molecule has 1 saturated carbocycles. The minimum Gasteiger partial charge on any atom is -0.474 e. The number of pyridine rings is 1. The third-order valence-electron chi connectivity index (χ3n) is 6.12. The van der Waals surface area contributed by atoms with E-state index in [1.807, 2.05) is 48.5 Å². The van der Waals surface area contributed by atoms with Gasteiger partial charge < -0.3 is 14.8 Å². The molecule has 6 heteroatoms. The molecule has 0 atom stereocenters. The molecule has 1 N–H and O–H groups in total. The van der Waals surface area contributed by atoms with Crippen molar-refractivity contribution < 1.29 is 14.3 Å². The Kier molecular flexibility index (Phi) is 5.47. The number of carbonyl (C=O) groups is 1. The zero-order valence-corrected chi connectivity index (χ0v) is 17.5. The van der Waals surface area contributed by atoms with Gasteiger partial charge in [-0.25, -0.2) is 4.98 Å². The molecule has 6 nitrogen and oxygen atoms in total.